The van der Waals surface area contributed by atoms with Crippen LogP contribution in [0.4, 0.5) is 0 Å². The Balaban J connectivity index is 3.70. The Bertz CT molecular complexity index is 145. The first-order valence-electron chi connectivity index (χ1n) is 4.61. The summed E-state index contributed by atoms with van der Waals surface area (Å²) in [5, 5.41) is 3.31. The maximum atomic E-state index is 3.66. The lowest BCUT2D eigenvalue weighted by Crippen LogP contribution is -2.27. The lowest BCUT2D eigenvalue weighted by atomic mass is 9.93. The second kappa shape index (κ2) is 6.01. The average Bonchev–Trinajstić information content (AvgIpc) is 2.01. The topological polar surface area (TPSA) is 12.0 Å². The third-order valence-corrected chi connectivity index (χ3v) is 1.67. The van der Waals surface area contributed by atoms with E-state index in [-0.39, 0.29) is 5.41 Å². The molecule has 0 aliphatic heterocycles. The van der Waals surface area contributed by atoms with Crippen LogP contribution in [0.5, 0.6) is 0 Å². The molecule has 0 atom stereocenters. The molecule has 0 saturated carbocycles. The Morgan fingerprint density at radius 3 is 2.58 bits per heavy atom. The van der Waals surface area contributed by atoms with Gasteiger partial charge in [0, 0.05) is 13.1 Å². The zero-order valence-electron chi connectivity index (χ0n) is 8.56. The lowest BCUT2D eigenvalue weighted by molar-refractivity contribution is 0.444. The maximum Gasteiger partial charge on any atom is 0.0132 e. The largest absolute Gasteiger partial charge is 0.312 e. The van der Waals surface area contributed by atoms with Gasteiger partial charge < -0.3 is 5.32 Å². The fourth-order valence-corrected chi connectivity index (χ4v) is 0.992. The van der Waals surface area contributed by atoms with Crippen molar-refractivity contribution in [1.82, 2.24) is 5.32 Å². The van der Waals surface area contributed by atoms with Crippen LogP contribution in [0.25, 0.3) is 0 Å². The molecule has 0 radical (unpaired) electrons. The number of hydrogen-bond acceptors (Lipinski definition) is 1. The number of hydrogen-bond donors (Lipinski definition) is 1. The number of nitrogens with one attached hydrogen (secondary N) is 1. The number of allylic oxidation sites excluding steroid dienone is 1. The van der Waals surface area contributed by atoms with Gasteiger partial charge in [0.05, 0.1) is 0 Å². The molecule has 0 fully saturated rings. The summed E-state index contributed by atoms with van der Waals surface area (Å²) in [5.74, 6) is 0. The molecule has 0 aliphatic carbocycles. The Morgan fingerprint density at radius 1 is 1.42 bits per heavy atom. The number of rotatable bonds is 6. The van der Waals surface area contributed by atoms with Crippen LogP contribution in [-0.2, 0) is 0 Å². The van der Waals surface area contributed by atoms with Gasteiger partial charge in [-0.25, -0.2) is 0 Å². The van der Waals surface area contributed by atoms with E-state index in [1.165, 1.54) is 0 Å². The van der Waals surface area contributed by atoms with Crippen molar-refractivity contribution in [2.45, 2.75) is 27.2 Å². The van der Waals surface area contributed by atoms with E-state index in [0.29, 0.717) is 0 Å². The van der Waals surface area contributed by atoms with Crippen molar-refractivity contribution in [3.05, 3.63) is 24.8 Å². The molecule has 0 rings (SSSR count). The van der Waals surface area contributed by atoms with Crippen LogP contribution in [0.15, 0.2) is 24.8 Å². The first-order chi connectivity index (χ1) is 5.62. The van der Waals surface area contributed by atoms with Gasteiger partial charge >= 0.3 is 0 Å². The highest BCUT2D eigenvalue weighted by Gasteiger charge is 2.11. The van der Waals surface area contributed by atoms with Crippen molar-refractivity contribution >= 4 is 0 Å². The van der Waals surface area contributed by atoms with Crippen molar-refractivity contribution in [3.8, 4) is 0 Å². The van der Waals surface area contributed by atoms with Crippen LogP contribution >= 0.6 is 0 Å². The van der Waals surface area contributed by atoms with Crippen molar-refractivity contribution in [3.63, 3.8) is 0 Å². The molecular weight excluding hydrogens is 146 g/mol. The minimum atomic E-state index is 0.263. The lowest BCUT2D eigenvalue weighted by Gasteiger charge is -2.20. The molecule has 0 aromatic rings. The fourth-order valence-electron chi connectivity index (χ4n) is 0.992. The molecule has 1 heteroatoms. The van der Waals surface area contributed by atoms with Crippen molar-refractivity contribution in [1.29, 1.82) is 0 Å². The zero-order valence-corrected chi connectivity index (χ0v) is 8.56. The normalized spacial score (nSPS) is 12.2. The Labute approximate surface area is 76.6 Å². The molecular formula is C11H21N. The first-order valence-corrected chi connectivity index (χ1v) is 4.61. The van der Waals surface area contributed by atoms with E-state index in [4.69, 9.17) is 0 Å². The van der Waals surface area contributed by atoms with E-state index in [2.05, 4.69) is 44.8 Å². The second-order valence-electron chi connectivity index (χ2n) is 3.72. The summed E-state index contributed by atoms with van der Waals surface area (Å²) in [7, 11) is 0. The highest BCUT2D eigenvalue weighted by Crippen LogP contribution is 2.15. The molecule has 70 valence electrons. The highest BCUT2D eigenvalue weighted by atomic mass is 14.9. The van der Waals surface area contributed by atoms with Crippen molar-refractivity contribution in [2.24, 2.45) is 5.41 Å². The van der Waals surface area contributed by atoms with E-state index in [1.54, 1.807) is 0 Å². The predicted octanol–water partition coefficient (Wildman–Crippen LogP) is 2.75. The van der Waals surface area contributed by atoms with Gasteiger partial charge in [-0.3, -0.25) is 0 Å². The molecule has 0 aliphatic rings. The molecule has 0 unspecified atom stereocenters. The van der Waals surface area contributed by atoms with Gasteiger partial charge in [0.15, 0.2) is 0 Å². The van der Waals surface area contributed by atoms with Gasteiger partial charge in [0.1, 0.15) is 0 Å². The molecule has 0 saturated heterocycles. The van der Waals surface area contributed by atoms with Crippen LogP contribution in [-0.4, -0.2) is 13.1 Å². The van der Waals surface area contributed by atoms with Crippen LogP contribution in [0, 0.1) is 5.41 Å². The summed E-state index contributed by atoms with van der Waals surface area (Å²) in [6.07, 6.45) is 7.49. The van der Waals surface area contributed by atoms with E-state index in [1.807, 2.05) is 6.08 Å². The van der Waals surface area contributed by atoms with E-state index < -0.39 is 0 Å². The summed E-state index contributed by atoms with van der Waals surface area (Å²) in [6, 6.07) is 0. The predicted molar refractivity (Wildman–Crippen MR) is 56.3 cm³/mol. The fraction of sp³-hybridized carbons (Fsp3) is 0.636. The van der Waals surface area contributed by atoms with Gasteiger partial charge in [-0.05, 0) is 11.8 Å². The SMILES string of the molecule is C=CCNCC(C)(C)/C=C/CC. The molecule has 0 amide bonds. The van der Waals surface area contributed by atoms with E-state index >= 15 is 0 Å². The van der Waals surface area contributed by atoms with Crippen LogP contribution in [0.2, 0.25) is 0 Å². The van der Waals surface area contributed by atoms with Gasteiger partial charge in [0.2, 0.25) is 0 Å². The quantitative estimate of drug-likeness (QED) is 0.474. The smallest absolute Gasteiger partial charge is 0.0132 e. The van der Waals surface area contributed by atoms with Crippen molar-refractivity contribution < 1.29 is 0 Å². The molecule has 0 spiro atoms. The van der Waals surface area contributed by atoms with Gasteiger partial charge in [-0.15, -0.1) is 6.58 Å². The zero-order chi connectivity index (χ0) is 9.45. The first kappa shape index (κ1) is 11.4. The molecule has 0 aromatic carbocycles. The van der Waals surface area contributed by atoms with E-state index in [9.17, 15) is 0 Å². The Kier molecular flexibility index (Phi) is 5.73. The molecule has 0 bridgehead atoms. The summed E-state index contributed by atoms with van der Waals surface area (Å²) < 4.78 is 0. The molecule has 1 nitrogen and oxygen atoms in total. The minimum absolute atomic E-state index is 0.263. The average molecular weight is 167 g/mol. The molecule has 12 heavy (non-hydrogen) atoms. The van der Waals surface area contributed by atoms with Gasteiger partial charge in [-0.2, -0.15) is 0 Å². The summed E-state index contributed by atoms with van der Waals surface area (Å²) in [4.78, 5) is 0. The third-order valence-electron chi connectivity index (χ3n) is 1.67. The van der Waals surface area contributed by atoms with E-state index in [0.717, 1.165) is 19.5 Å². The summed E-state index contributed by atoms with van der Waals surface area (Å²) in [5.41, 5.74) is 0.263. The molecule has 0 aromatic heterocycles. The standard InChI is InChI=1S/C11H21N/c1-5-7-8-11(3,4)10-12-9-6-2/h6-8,12H,2,5,9-10H2,1,3-4H3/b8-7+. The highest BCUT2D eigenvalue weighted by molar-refractivity contribution is 4.95. The second-order valence-corrected chi connectivity index (χ2v) is 3.72. The van der Waals surface area contributed by atoms with Crippen LogP contribution in [0.1, 0.15) is 27.2 Å². The summed E-state index contributed by atoms with van der Waals surface area (Å²) in [6.45, 7) is 12.2. The van der Waals surface area contributed by atoms with Crippen molar-refractivity contribution in [2.75, 3.05) is 13.1 Å². The van der Waals surface area contributed by atoms with Gasteiger partial charge in [-0.1, -0.05) is 39.0 Å². The maximum absolute atomic E-state index is 3.66. The van der Waals surface area contributed by atoms with Crippen LogP contribution in [0.3, 0.4) is 0 Å². The third kappa shape index (κ3) is 6.17. The Hall–Kier alpha value is -0.560. The minimum Gasteiger partial charge on any atom is -0.312 e. The Morgan fingerprint density at radius 2 is 2.08 bits per heavy atom. The van der Waals surface area contributed by atoms with Crippen LogP contribution < -0.4 is 5.32 Å². The molecule has 1 N–H and O–H groups in total. The van der Waals surface area contributed by atoms with Gasteiger partial charge in [0.25, 0.3) is 0 Å². The monoisotopic (exact) mass is 167 g/mol. The molecule has 0 heterocycles. The summed E-state index contributed by atoms with van der Waals surface area (Å²) >= 11 is 0.